The number of amides is 2. The number of likely N-dealkylation sites (N-methyl/N-ethyl adjacent to an activating group) is 1. The Bertz CT molecular complexity index is 482. The van der Waals surface area contributed by atoms with Crippen LogP contribution in [0.1, 0.15) is 30.1 Å². The van der Waals surface area contributed by atoms with Crippen LogP contribution in [0.15, 0.2) is 24.3 Å². The lowest BCUT2D eigenvalue weighted by molar-refractivity contribution is -0.119. The SMILES string of the molecule is CCNC(=O)CNc1cccc(C(=O)N2CCCC2)c1. The van der Waals surface area contributed by atoms with E-state index in [4.69, 9.17) is 0 Å². The third-order valence-electron chi connectivity index (χ3n) is 3.33. The van der Waals surface area contributed by atoms with E-state index < -0.39 is 0 Å². The molecule has 0 aliphatic carbocycles. The molecule has 1 heterocycles. The normalized spacial score (nSPS) is 14.2. The highest BCUT2D eigenvalue weighted by atomic mass is 16.2. The minimum atomic E-state index is -0.0521. The molecule has 0 atom stereocenters. The number of hydrogen-bond donors (Lipinski definition) is 2. The van der Waals surface area contributed by atoms with Gasteiger partial charge in [-0.3, -0.25) is 9.59 Å². The molecule has 108 valence electrons. The maximum absolute atomic E-state index is 12.3. The third kappa shape index (κ3) is 3.73. The lowest BCUT2D eigenvalue weighted by Gasteiger charge is -2.16. The Morgan fingerprint density at radius 2 is 2.00 bits per heavy atom. The molecule has 1 aromatic rings. The summed E-state index contributed by atoms with van der Waals surface area (Å²) in [6, 6.07) is 7.32. The molecule has 0 aromatic heterocycles. The van der Waals surface area contributed by atoms with Crippen LogP contribution in [0.25, 0.3) is 0 Å². The molecule has 5 nitrogen and oxygen atoms in total. The summed E-state index contributed by atoms with van der Waals surface area (Å²) in [5.41, 5.74) is 1.47. The summed E-state index contributed by atoms with van der Waals surface area (Å²) in [4.78, 5) is 25.5. The number of carbonyl (C=O) groups is 2. The van der Waals surface area contributed by atoms with Gasteiger partial charge >= 0.3 is 0 Å². The van der Waals surface area contributed by atoms with Crippen LogP contribution in [0.3, 0.4) is 0 Å². The Morgan fingerprint density at radius 1 is 1.25 bits per heavy atom. The lowest BCUT2D eigenvalue weighted by atomic mass is 10.1. The number of likely N-dealkylation sites (tertiary alicyclic amines) is 1. The van der Waals surface area contributed by atoms with Crippen molar-refractivity contribution < 1.29 is 9.59 Å². The van der Waals surface area contributed by atoms with Gasteiger partial charge in [0.1, 0.15) is 0 Å². The van der Waals surface area contributed by atoms with Crippen LogP contribution in [0.2, 0.25) is 0 Å². The highest BCUT2D eigenvalue weighted by molar-refractivity contribution is 5.95. The Hall–Kier alpha value is -2.04. The second-order valence-electron chi connectivity index (χ2n) is 4.89. The third-order valence-corrected chi connectivity index (χ3v) is 3.33. The molecule has 0 spiro atoms. The zero-order valence-electron chi connectivity index (χ0n) is 11.8. The van der Waals surface area contributed by atoms with Crippen molar-refractivity contribution >= 4 is 17.5 Å². The van der Waals surface area contributed by atoms with Gasteiger partial charge in [0.2, 0.25) is 5.91 Å². The number of rotatable bonds is 5. The van der Waals surface area contributed by atoms with Crippen LogP contribution in [-0.4, -0.2) is 42.9 Å². The molecule has 2 rings (SSSR count). The highest BCUT2D eigenvalue weighted by Gasteiger charge is 2.19. The van der Waals surface area contributed by atoms with E-state index in [-0.39, 0.29) is 18.4 Å². The Morgan fingerprint density at radius 3 is 2.70 bits per heavy atom. The van der Waals surface area contributed by atoms with Gasteiger partial charge in [-0.05, 0) is 38.0 Å². The predicted octanol–water partition coefficient (Wildman–Crippen LogP) is 1.47. The molecule has 1 aliphatic heterocycles. The molecule has 1 aromatic carbocycles. The average molecular weight is 275 g/mol. The minimum absolute atomic E-state index is 0.0521. The number of nitrogens with one attached hydrogen (secondary N) is 2. The van der Waals surface area contributed by atoms with Crippen LogP contribution in [-0.2, 0) is 4.79 Å². The van der Waals surface area contributed by atoms with Crippen molar-refractivity contribution in [3.05, 3.63) is 29.8 Å². The summed E-state index contributed by atoms with van der Waals surface area (Å²) in [6.07, 6.45) is 2.17. The van der Waals surface area contributed by atoms with Crippen molar-refractivity contribution in [3.8, 4) is 0 Å². The van der Waals surface area contributed by atoms with E-state index in [2.05, 4.69) is 10.6 Å². The number of carbonyl (C=O) groups excluding carboxylic acids is 2. The summed E-state index contributed by atoms with van der Waals surface area (Å²) in [6.45, 7) is 4.40. The number of hydrogen-bond acceptors (Lipinski definition) is 3. The van der Waals surface area contributed by atoms with Gasteiger partial charge in [0, 0.05) is 30.9 Å². The van der Waals surface area contributed by atoms with Gasteiger partial charge in [-0.1, -0.05) is 6.07 Å². The van der Waals surface area contributed by atoms with Gasteiger partial charge in [0.05, 0.1) is 6.54 Å². The molecule has 5 heteroatoms. The summed E-state index contributed by atoms with van der Waals surface area (Å²) in [7, 11) is 0. The Kier molecular flexibility index (Phi) is 4.98. The van der Waals surface area contributed by atoms with Crippen molar-refractivity contribution in [3.63, 3.8) is 0 Å². The second-order valence-corrected chi connectivity index (χ2v) is 4.89. The molecule has 0 radical (unpaired) electrons. The lowest BCUT2D eigenvalue weighted by Crippen LogP contribution is -2.29. The zero-order valence-corrected chi connectivity index (χ0v) is 11.8. The maximum atomic E-state index is 12.3. The highest BCUT2D eigenvalue weighted by Crippen LogP contribution is 2.16. The van der Waals surface area contributed by atoms with Crippen molar-refractivity contribution in [2.75, 3.05) is 31.5 Å². The molecular weight excluding hydrogens is 254 g/mol. The quantitative estimate of drug-likeness (QED) is 0.855. The molecule has 2 amide bonds. The van der Waals surface area contributed by atoms with E-state index in [1.165, 1.54) is 0 Å². The first kappa shape index (κ1) is 14.4. The fraction of sp³-hybridized carbons (Fsp3) is 0.467. The predicted molar refractivity (Wildman–Crippen MR) is 78.8 cm³/mol. The molecule has 0 saturated carbocycles. The van der Waals surface area contributed by atoms with Crippen molar-refractivity contribution in [1.82, 2.24) is 10.2 Å². The minimum Gasteiger partial charge on any atom is -0.376 e. The van der Waals surface area contributed by atoms with Crippen molar-refractivity contribution in [2.24, 2.45) is 0 Å². The maximum Gasteiger partial charge on any atom is 0.253 e. The van der Waals surface area contributed by atoms with E-state index in [9.17, 15) is 9.59 Å². The first-order valence-corrected chi connectivity index (χ1v) is 7.10. The Labute approximate surface area is 119 Å². The topological polar surface area (TPSA) is 61.4 Å². The number of benzene rings is 1. The Balaban J connectivity index is 1.96. The summed E-state index contributed by atoms with van der Waals surface area (Å²) < 4.78 is 0. The number of anilines is 1. The average Bonchev–Trinajstić information content (AvgIpc) is 2.99. The summed E-state index contributed by atoms with van der Waals surface area (Å²) >= 11 is 0. The van der Waals surface area contributed by atoms with Gasteiger partial charge < -0.3 is 15.5 Å². The van der Waals surface area contributed by atoms with Crippen LogP contribution in [0.5, 0.6) is 0 Å². The van der Waals surface area contributed by atoms with Crippen molar-refractivity contribution in [1.29, 1.82) is 0 Å². The molecule has 20 heavy (non-hydrogen) atoms. The van der Waals surface area contributed by atoms with Gasteiger partial charge in [-0.15, -0.1) is 0 Å². The smallest absolute Gasteiger partial charge is 0.253 e. The number of nitrogens with zero attached hydrogens (tertiary/aromatic N) is 1. The van der Waals surface area contributed by atoms with Crippen LogP contribution < -0.4 is 10.6 Å². The van der Waals surface area contributed by atoms with Crippen LogP contribution in [0, 0.1) is 0 Å². The molecule has 1 aliphatic rings. The fourth-order valence-corrected chi connectivity index (χ4v) is 2.31. The molecular formula is C15H21N3O2. The van der Waals surface area contributed by atoms with E-state index in [1.807, 2.05) is 30.0 Å². The standard InChI is InChI=1S/C15H21N3O2/c1-2-16-14(19)11-17-13-7-5-6-12(10-13)15(20)18-8-3-4-9-18/h5-7,10,17H,2-4,8-9,11H2,1H3,(H,16,19). The first-order valence-electron chi connectivity index (χ1n) is 7.10. The largest absolute Gasteiger partial charge is 0.376 e. The summed E-state index contributed by atoms with van der Waals surface area (Å²) in [5, 5.41) is 5.75. The van der Waals surface area contributed by atoms with E-state index in [1.54, 1.807) is 6.07 Å². The second kappa shape index (κ2) is 6.93. The fourth-order valence-electron chi connectivity index (χ4n) is 2.31. The zero-order chi connectivity index (χ0) is 14.4. The van der Waals surface area contributed by atoms with Gasteiger partial charge in [-0.25, -0.2) is 0 Å². The van der Waals surface area contributed by atoms with Gasteiger partial charge in [0.15, 0.2) is 0 Å². The molecule has 1 fully saturated rings. The van der Waals surface area contributed by atoms with Crippen LogP contribution >= 0.6 is 0 Å². The molecule has 2 N–H and O–H groups in total. The van der Waals surface area contributed by atoms with Gasteiger partial charge in [0.25, 0.3) is 5.91 Å². The van der Waals surface area contributed by atoms with Gasteiger partial charge in [-0.2, -0.15) is 0 Å². The van der Waals surface area contributed by atoms with E-state index in [0.29, 0.717) is 12.1 Å². The summed E-state index contributed by atoms with van der Waals surface area (Å²) in [5.74, 6) is 0.0212. The van der Waals surface area contributed by atoms with Crippen LogP contribution in [0.4, 0.5) is 5.69 Å². The molecule has 0 bridgehead atoms. The monoisotopic (exact) mass is 275 g/mol. The van der Waals surface area contributed by atoms with E-state index >= 15 is 0 Å². The molecule has 0 unspecified atom stereocenters. The van der Waals surface area contributed by atoms with E-state index in [0.717, 1.165) is 31.6 Å². The first-order chi connectivity index (χ1) is 9.70. The molecule has 1 saturated heterocycles. The van der Waals surface area contributed by atoms with Crippen molar-refractivity contribution in [2.45, 2.75) is 19.8 Å².